The third kappa shape index (κ3) is 3.85. The fraction of sp³-hybridized carbons (Fsp3) is 0.688. The molecule has 106 valence electrons. The van der Waals surface area contributed by atoms with E-state index in [9.17, 15) is 4.79 Å². The highest BCUT2D eigenvalue weighted by Gasteiger charge is 2.21. The van der Waals surface area contributed by atoms with Crippen LogP contribution in [0, 0.1) is 12.8 Å². The average molecular weight is 262 g/mol. The van der Waals surface area contributed by atoms with Crippen LogP contribution in [0.3, 0.4) is 0 Å². The standard InChI is InChI=1S/C16H26N2O/c1-9(2)8-13(19)16-15(11(5)6)17-12(7)14(18-16)10(3)4/h9-11H,8H2,1-7H3. The molecule has 0 atom stereocenters. The molecule has 0 aliphatic heterocycles. The molecule has 3 heteroatoms. The normalized spacial score (nSPS) is 11.7. The van der Waals surface area contributed by atoms with Crippen molar-refractivity contribution in [3.63, 3.8) is 0 Å². The third-order valence-corrected chi connectivity index (χ3v) is 3.09. The number of hydrogen-bond acceptors (Lipinski definition) is 3. The lowest BCUT2D eigenvalue weighted by molar-refractivity contribution is 0.0960. The first-order chi connectivity index (χ1) is 8.73. The molecule has 3 nitrogen and oxygen atoms in total. The SMILES string of the molecule is Cc1nc(C(C)C)c(C(=O)CC(C)C)nc1C(C)C. The van der Waals surface area contributed by atoms with Gasteiger partial charge < -0.3 is 0 Å². The van der Waals surface area contributed by atoms with Gasteiger partial charge in [-0.3, -0.25) is 9.78 Å². The van der Waals surface area contributed by atoms with Crippen LogP contribution in [0.2, 0.25) is 0 Å². The topological polar surface area (TPSA) is 42.9 Å². The molecule has 0 saturated heterocycles. The molecule has 1 aromatic rings. The molecule has 0 spiro atoms. The first-order valence-electron chi connectivity index (χ1n) is 7.15. The zero-order valence-electron chi connectivity index (χ0n) is 13.2. The Kier molecular flexibility index (Phi) is 5.21. The third-order valence-electron chi connectivity index (χ3n) is 3.09. The minimum Gasteiger partial charge on any atom is -0.292 e. The van der Waals surface area contributed by atoms with Gasteiger partial charge in [-0.25, -0.2) is 4.98 Å². The monoisotopic (exact) mass is 262 g/mol. The quantitative estimate of drug-likeness (QED) is 0.745. The molecular formula is C16H26N2O. The molecule has 0 N–H and O–H groups in total. The van der Waals surface area contributed by atoms with Crippen molar-refractivity contribution in [3.05, 3.63) is 22.8 Å². The number of aromatic nitrogens is 2. The summed E-state index contributed by atoms with van der Waals surface area (Å²) in [4.78, 5) is 21.6. The van der Waals surface area contributed by atoms with Gasteiger partial charge in [-0.05, 0) is 24.7 Å². The molecule has 0 aromatic carbocycles. The predicted octanol–water partition coefficient (Wildman–Crippen LogP) is 4.26. The Balaban J connectivity index is 3.33. The molecule has 0 unspecified atom stereocenters. The number of Topliss-reactive ketones (excluding diaryl/α,β-unsaturated/α-hetero) is 1. The lowest BCUT2D eigenvalue weighted by Gasteiger charge is -2.16. The summed E-state index contributed by atoms with van der Waals surface area (Å²) in [6, 6.07) is 0. The Hall–Kier alpha value is -1.25. The molecule has 1 rings (SSSR count). The van der Waals surface area contributed by atoms with Crippen LogP contribution in [0.15, 0.2) is 0 Å². The summed E-state index contributed by atoms with van der Waals surface area (Å²) in [5.74, 6) is 0.976. The first-order valence-corrected chi connectivity index (χ1v) is 7.15. The lowest BCUT2D eigenvalue weighted by atomic mass is 9.98. The van der Waals surface area contributed by atoms with Crippen LogP contribution >= 0.6 is 0 Å². The lowest BCUT2D eigenvalue weighted by Crippen LogP contribution is -2.16. The average Bonchev–Trinajstić information content (AvgIpc) is 2.26. The van der Waals surface area contributed by atoms with E-state index in [0.717, 1.165) is 17.1 Å². The molecule has 0 amide bonds. The van der Waals surface area contributed by atoms with Gasteiger partial charge in [0, 0.05) is 6.42 Å². The number of nitrogens with zero attached hydrogens (tertiary/aromatic N) is 2. The summed E-state index contributed by atoms with van der Waals surface area (Å²) in [6.45, 7) is 14.4. The molecule has 0 aliphatic carbocycles. The number of hydrogen-bond donors (Lipinski definition) is 0. The van der Waals surface area contributed by atoms with E-state index in [1.54, 1.807) is 0 Å². The summed E-state index contributed by atoms with van der Waals surface area (Å²) >= 11 is 0. The van der Waals surface area contributed by atoms with Crippen molar-refractivity contribution in [3.8, 4) is 0 Å². The number of carbonyl (C=O) groups excluding carboxylic acids is 1. The first kappa shape index (κ1) is 15.8. The molecule has 1 aromatic heterocycles. The van der Waals surface area contributed by atoms with E-state index >= 15 is 0 Å². The summed E-state index contributed by atoms with van der Waals surface area (Å²) in [5, 5.41) is 0. The Labute approximate surface area is 116 Å². The molecule has 19 heavy (non-hydrogen) atoms. The second kappa shape index (κ2) is 6.27. The Morgan fingerprint density at radius 2 is 1.47 bits per heavy atom. The molecule has 0 fully saturated rings. The van der Waals surface area contributed by atoms with Crippen LogP contribution in [0.25, 0.3) is 0 Å². The van der Waals surface area contributed by atoms with Gasteiger partial charge in [0.2, 0.25) is 0 Å². The maximum atomic E-state index is 12.4. The molecule has 0 saturated carbocycles. The summed E-state index contributed by atoms with van der Waals surface area (Å²) < 4.78 is 0. The van der Waals surface area contributed by atoms with E-state index in [1.165, 1.54) is 0 Å². The van der Waals surface area contributed by atoms with Gasteiger partial charge in [0.15, 0.2) is 5.78 Å². The van der Waals surface area contributed by atoms with Crippen molar-refractivity contribution in [2.24, 2.45) is 5.92 Å². The van der Waals surface area contributed by atoms with E-state index in [2.05, 4.69) is 51.5 Å². The Bertz CT molecular complexity index is 462. The second-order valence-electron chi connectivity index (χ2n) is 6.26. The number of aryl methyl sites for hydroxylation is 1. The van der Waals surface area contributed by atoms with E-state index < -0.39 is 0 Å². The van der Waals surface area contributed by atoms with Crippen molar-refractivity contribution in [1.29, 1.82) is 0 Å². The highest BCUT2D eigenvalue weighted by molar-refractivity contribution is 5.95. The second-order valence-corrected chi connectivity index (χ2v) is 6.26. The van der Waals surface area contributed by atoms with Crippen molar-refractivity contribution in [1.82, 2.24) is 9.97 Å². The summed E-state index contributed by atoms with van der Waals surface area (Å²) in [6.07, 6.45) is 0.537. The van der Waals surface area contributed by atoms with E-state index in [1.807, 2.05) is 6.92 Å². The van der Waals surface area contributed by atoms with Crippen LogP contribution < -0.4 is 0 Å². The summed E-state index contributed by atoms with van der Waals surface area (Å²) in [5.41, 5.74) is 3.31. The van der Waals surface area contributed by atoms with E-state index in [0.29, 0.717) is 24.0 Å². The number of ketones is 1. The molecule has 0 bridgehead atoms. The van der Waals surface area contributed by atoms with Gasteiger partial charge in [-0.15, -0.1) is 0 Å². The fourth-order valence-electron chi connectivity index (χ4n) is 2.17. The number of rotatable bonds is 5. The fourth-order valence-corrected chi connectivity index (χ4v) is 2.17. The smallest absolute Gasteiger partial charge is 0.183 e. The van der Waals surface area contributed by atoms with Crippen LogP contribution in [-0.4, -0.2) is 15.8 Å². The van der Waals surface area contributed by atoms with Gasteiger partial charge in [0.05, 0.1) is 17.1 Å². The minimum atomic E-state index is 0.119. The van der Waals surface area contributed by atoms with Crippen LogP contribution in [0.1, 0.15) is 87.4 Å². The zero-order valence-corrected chi connectivity index (χ0v) is 13.2. The van der Waals surface area contributed by atoms with Crippen LogP contribution in [0.4, 0.5) is 0 Å². The molecule has 0 aliphatic rings. The molecular weight excluding hydrogens is 236 g/mol. The van der Waals surface area contributed by atoms with Crippen molar-refractivity contribution >= 4 is 5.78 Å². The maximum absolute atomic E-state index is 12.4. The van der Waals surface area contributed by atoms with Gasteiger partial charge in [-0.1, -0.05) is 41.5 Å². The maximum Gasteiger partial charge on any atom is 0.183 e. The molecule has 1 heterocycles. The van der Waals surface area contributed by atoms with Crippen molar-refractivity contribution in [2.75, 3.05) is 0 Å². The van der Waals surface area contributed by atoms with Crippen molar-refractivity contribution in [2.45, 2.75) is 66.7 Å². The molecule has 0 radical (unpaired) electrons. The van der Waals surface area contributed by atoms with Gasteiger partial charge in [0.1, 0.15) is 5.69 Å². The zero-order chi connectivity index (χ0) is 14.7. The van der Waals surface area contributed by atoms with Crippen LogP contribution in [-0.2, 0) is 0 Å². The van der Waals surface area contributed by atoms with Gasteiger partial charge in [0.25, 0.3) is 0 Å². The highest BCUT2D eigenvalue weighted by Crippen LogP contribution is 2.23. The van der Waals surface area contributed by atoms with Gasteiger partial charge in [-0.2, -0.15) is 0 Å². The van der Waals surface area contributed by atoms with Crippen molar-refractivity contribution < 1.29 is 4.79 Å². The number of carbonyl (C=O) groups is 1. The highest BCUT2D eigenvalue weighted by atomic mass is 16.1. The van der Waals surface area contributed by atoms with Gasteiger partial charge >= 0.3 is 0 Å². The predicted molar refractivity (Wildman–Crippen MR) is 78.7 cm³/mol. The van der Waals surface area contributed by atoms with Crippen LogP contribution in [0.5, 0.6) is 0 Å². The largest absolute Gasteiger partial charge is 0.292 e. The van der Waals surface area contributed by atoms with E-state index in [4.69, 9.17) is 0 Å². The Morgan fingerprint density at radius 1 is 0.947 bits per heavy atom. The van der Waals surface area contributed by atoms with E-state index in [-0.39, 0.29) is 11.7 Å². The minimum absolute atomic E-state index is 0.119. The Morgan fingerprint density at radius 3 is 1.89 bits per heavy atom. The summed E-state index contributed by atoms with van der Waals surface area (Å²) in [7, 11) is 0.